The number of rotatable bonds is 1. The van der Waals surface area contributed by atoms with E-state index in [2.05, 4.69) is 4.98 Å². The molecule has 20 heavy (non-hydrogen) atoms. The van der Waals surface area contributed by atoms with Gasteiger partial charge in [-0.3, -0.25) is 4.57 Å². The van der Waals surface area contributed by atoms with Gasteiger partial charge in [0, 0.05) is 0 Å². The third kappa shape index (κ3) is 1.68. The van der Waals surface area contributed by atoms with Crippen LogP contribution in [-0.4, -0.2) is 9.55 Å². The zero-order chi connectivity index (χ0) is 14.3. The molecule has 0 saturated heterocycles. The number of aromatic nitrogens is 2. The number of nitrogens with zero attached hydrogens (tertiary/aromatic N) is 3. The summed E-state index contributed by atoms with van der Waals surface area (Å²) >= 11 is 0. The second kappa shape index (κ2) is 4.31. The van der Waals surface area contributed by atoms with E-state index in [-0.39, 0.29) is 17.0 Å². The summed E-state index contributed by atoms with van der Waals surface area (Å²) in [7, 11) is 0. The van der Waals surface area contributed by atoms with Gasteiger partial charge in [0.15, 0.2) is 11.6 Å². The van der Waals surface area contributed by atoms with Crippen LogP contribution in [-0.2, 0) is 0 Å². The minimum Gasteiger partial charge on any atom is -0.369 e. The number of anilines is 1. The molecule has 0 amide bonds. The molecule has 1 aromatic heterocycles. The van der Waals surface area contributed by atoms with Crippen LogP contribution in [0, 0.1) is 23.0 Å². The van der Waals surface area contributed by atoms with E-state index in [1.54, 1.807) is 18.2 Å². The molecule has 0 fully saturated rings. The van der Waals surface area contributed by atoms with Crippen LogP contribution in [0.3, 0.4) is 0 Å². The molecule has 0 aliphatic heterocycles. The topological polar surface area (TPSA) is 67.6 Å². The van der Waals surface area contributed by atoms with E-state index >= 15 is 0 Å². The van der Waals surface area contributed by atoms with Crippen LogP contribution >= 0.6 is 0 Å². The zero-order valence-electron chi connectivity index (χ0n) is 10.1. The van der Waals surface area contributed by atoms with Gasteiger partial charge in [0.05, 0.1) is 22.8 Å². The predicted molar refractivity (Wildman–Crippen MR) is 70.1 cm³/mol. The molecule has 0 bridgehead atoms. The Morgan fingerprint density at radius 3 is 2.75 bits per heavy atom. The van der Waals surface area contributed by atoms with E-state index in [1.807, 2.05) is 6.07 Å². The Hall–Kier alpha value is -2.94. The van der Waals surface area contributed by atoms with Gasteiger partial charge in [-0.25, -0.2) is 13.8 Å². The maximum atomic E-state index is 14.0. The Morgan fingerprint density at radius 2 is 2.00 bits per heavy atom. The first-order chi connectivity index (χ1) is 9.61. The van der Waals surface area contributed by atoms with Crippen LogP contribution in [0.4, 0.5) is 14.7 Å². The largest absolute Gasteiger partial charge is 0.369 e. The average Bonchev–Trinajstić information content (AvgIpc) is 2.80. The highest BCUT2D eigenvalue weighted by Gasteiger charge is 2.17. The lowest BCUT2D eigenvalue weighted by Gasteiger charge is -2.07. The van der Waals surface area contributed by atoms with Crippen LogP contribution in [0.1, 0.15) is 5.56 Å². The molecular weight excluding hydrogens is 262 g/mol. The third-order valence-electron chi connectivity index (χ3n) is 2.97. The minimum absolute atomic E-state index is 0.0274. The summed E-state index contributed by atoms with van der Waals surface area (Å²) in [5.74, 6) is -1.97. The van der Waals surface area contributed by atoms with Crippen LogP contribution in [0.2, 0.25) is 0 Å². The first kappa shape index (κ1) is 12.1. The average molecular weight is 270 g/mol. The lowest BCUT2D eigenvalue weighted by Crippen LogP contribution is -2.02. The second-order valence-corrected chi connectivity index (χ2v) is 4.20. The number of nitrogen functional groups attached to an aromatic ring is 1. The summed E-state index contributed by atoms with van der Waals surface area (Å²) < 4.78 is 28.7. The SMILES string of the molecule is N#Cc1cccc(-n2c(N)nc3ccc(F)c(F)c32)c1. The standard InChI is InChI=1S/C14H8F2N4/c15-10-4-5-11-13(12(10)16)20(14(18)19-11)9-3-1-2-8(6-9)7-17/h1-6H,(H2,18,19). The van der Waals surface area contributed by atoms with Crippen molar-refractivity contribution >= 4 is 17.0 Å². The van der Waals surface area contributed by atoms with Crippen LogP contribution < -0.4 is 5.73 Å². The number of halogens is 2. The summed E-state index contributed by atoms with van der Waals surface area (Å²) in [6.07, 6.45) is 0. The van der Waals surface area contributed by atoms with Gasteiger partial charge in [-0.2, -0.15) is 5.26 Å². The molecule has 98 valence electrons. The Kier molecular flexibility index (Phi) is 2.61. The molecule has 1 heterocycles. The molecule has 4 nitrogen and oxygen atoms in total. The van der Waals surface area contributed by atoms with E-state index in [9.17, 15) is 8.78 Å². The van der Waals surface area contributed by atoms with Gasteiger partial charge in [-0.15, -0.1) is 0 Å². The normalized spacial score (nSPS) is 10.7. The molecule has 3 aromatic rings. The quantitative estimate of drug-likeness (QED) is 0.739. The first-order valence-corrected chi connectivity index (χ1v) is 5.74. The number of imidazole rings is 1. The summed E-state index contributed by atoms with van der Waals surface area (Å²) in [5, 5.41) is 8.90. The van der Waals surface area contributed by atoms with Crippen molar-refractivity contribution in [2.75, 3.05) is 5.73 Å². The highest BCUT2D eigenvalue weighted by atomic mass is 19.2. The van der Waals surface area contributed by atoms with Gasteiger partial charge in [0.25, 0.3) is 0 Å². The zero-order valence-corrected chi connectivity index (χ0v) is 10.1. The van der Waals surface area contributed by atoms with E-state index in [0.29, 0.717) is 11.3 Å². The van der Waals surface area contributed by atoms with Gasteiger partial charge in [-0.05, 0) is 30.3 Å². The molecular formula is C14H8F2N4. The van der Waals surface area contributed by atoms with E-state index < -0.39 is 11.6 Å². The van der Waals surface area contributed by atoms with Crippen molar-refractivity contribution in [1.29, 1.82) is 5.26 Å². The fourth-order valence-corrected chi connectivity index (χ4v) is 2.10. The molecule has 0 aliphatic carbocycles. The predicted octanol–water partition coefficient (Wildman–Crippen LogP) is 2.76. The molecule has 6 heteroatoms. The molecule has 3 rings (SSSR count). The highest BCUT2D eigenvalue weighted by Crippen LogP contribution is 2.27. The van der Waals surface area contributed by atoms with Gasteiger partial charge >= 0.3 is 0 Å². The van der Waals surface area contributed by atoms with Gasteiger partial charge in [-0.1, -0.05) is 6.07 Å². The van der Waals surface area contributed by atoms with E-state index in [1.165, 1.54) is 16.7 Å². The number of nitrogens with two attached hydrogens (primary N) is 1. The van der Waals surface area contributed by atoms with Crippen molar-refractivity contribution in [3.8, 4) is 11.8 Å². The molecule has 0 unspecified atom stereocenters. The minimum atomic E-state index is -1.02. The monoisotopic (exact) mass is 270 g/mol. The smallest absolute Gasteiger partial charge is 0.206 e. The van der Waals surface area contributed by atoms with Crippen molar-refractivity contribution in [2.24, 2.45) is 0 Å². The van der Waals surface area contributed by atoms with Gasteiger partial charge < -0.3 is 5.73 Å². The van der Waals surface area contributed by atoms with Crippen molar-refractivity contribution in [1.82, 2.24) is 9.55 Å². The molecule has 0 atom stereocenters. The fourth-order valence-electron chi connectivity index (χ4n) is 2.10. The summed E-state index contributed by atoms with van der Waals surface area (Å²) in [6.45, 7) is 0. The van der Waals surface area contributed by atoms with E-state index in [4.69, 9.17) is 11.0 Å². The molecule has 2 N–H and O–H groups in total. The number of hydrogen-bond acceptors (Lipinski definition) is 3. The summed E-state index contributed by atoms with van der Waals surface area (Å²) in [4.78, 5) is 4.00. The maximum absolute atomic E-state index is 14.0. The van der Waals surface area contributed by atoms with Crippen molar-refractivity contribution < 1.29 is 8.78 Å². The van der Waals surface area contributed by atoms with Crippen molar-refractivity contribution in [2.45, 2.75) is 0 Å². The second-order valence-electron chi connectivity index (χ2n) is 4.20. The van der Waals surface area contributed by atoms with E-state index in [0.717, 1.165) is 6.07 Å². The Balaban J connectivity index is 2.38. The number of nitriles is 1. The lowest BCUT2D eigenvalue weighted by molar-refractivity contribution is 0.514. The Labute approximate surface area is 112 Å². The molecule has 0 radical (unpaired) electrons. The number of benzene rings is 2. The van der Waals surface area contributed by atoms with Gasteiger partial charge in [0.2, 0.25) is 5.95 Å². The van der Waals surface area contributed by atoms with Gasteiger partial charge in [0.1, 0.15) is 5.52 Å². The van der Waals surface area contributed by atoms with Crippen molar-refractivity contribution in [3.63, 3.8) is 0 Å². The van der Waals surface area contributed by atoms with Crippen LogP contribution in [0.5, 0.6) is 0 Å². The maximum Gasteiger partial charge on any atom is 0.206 e. The number of hydrogen-bond donors (Lipinski definition) is 1. The van der Waals surface area contributed by atoms with Crippen LogP contribution in [0.25, 0.3) is 16.7 Å². The third-order valence-corrected chi connectivity index (χ3v) is 2.97. The Bertz CT molecular complexity index is 861. The molecule has 0 saturated carbocycles. The number of fused-ring (bicyclic) bond motifs is 1. The van der Waals surface area contributed by atoms with Crippen LogP contribution in [0.15, 0.2) is 36.4 Å². The summed E-state index contributed by atoms with van der Waals surface area (Å²) in [5.41, 5.74) is 6.83. The molecule has 0 aliphatic rings. The fraction of sp³-hybridized carbons (Fsp3) is 0. The highest BCUT2D eigenvalue weighted by molar-refractivity contribution is 5.81. The molecule has 2 aromatic carbocycles. The molecule has 0 spiro atoms. The summed E-state index contributed by atoms with van der Waals surface area (Å²) in [6, 6.07) is 10.7. The first-order valence-electron chi connectivity index (χ1n) is 5.74. The van der Waals surface area contributed by atoms with Crippen molar-refractivity contribution in [3.05, 3.63) is 53.6 Å². The Morgan fingerprint density at radius 1 is 1.20 bits per heavy atom. The lowest BCUT2D eigenvalue weighted by atomic mass is 10.2.